The minimum absolute atomic E-state index is 0.0632. The van der Waals surface area contributed by atoms with Crippen LogP contribution in [-0.4, -0.2) is 23.5 Å². The Hall–Kier alpha value is -2.73. The molecule has 1 heterocycles. The fourth-order valence-electron chi connectivity index (χ4n) is 2.66. The third kappa shape index (κ3) is 4.08. The Kier molecular flexibility index (Phi) is 5.63. The first-order valence-corrected chi connectivity index (χ1v) is 8.34. The topological polar surface area (TPSA) is 38.5 Å². The summed E-state index contributed by atoms with van der Waals surface area (Å²) in [6.07, 6.45) is 1.57. The molecule has 6 heteroatoms. The number of rotatable bonds is 7. The summed E-state index contributed by atoms with van der Waals surface area (Å²) in [5, 5.41) is 0. The van der Waals surface area contributed by atoms with E-state index in [4.69, 9.17) is 9.15 Å². The number of benzene rings is 2. The summed E-state index contributed by atoms with van der Waals surface area (Å²) in [5.74, 6) is 0.172. The van der Waals surface area contributed by atoms with Crippen molar-refractivity contribution in [2.45, 2.75) is 20.0 Å². The van der Waals surface area contributed by atoms with E-state index in [0.717, 1.165) is 11.3 Å². The van der Waals surface area contributed by atoms with Crippen LogP contribution in [0.4, 0.5) is 8.78 Å². The molecule has 0 saturated heterocycles. The van der Waals surface area contributed by atoms with Crippen molar-refractivity contribution in [1.29, 1.82) is 0 Å². The van der Waals surface area contributed by atoms with Crippen LogP contribution < -0.4 is 4.74 Å². The van der Waals surface area contributed by atoms with E-state index in [0.29, 0.717) is 24.7 Å². The number of methoxy groups -OCH3 is 1. The van der Waals surface area contributed by atoms with Crippen LogP contribution >= 0.6 is 0 Å². The SMILES string of the molecule is CCN(Cc1coc(-c2ccc(OC)cc2)n1)Cc1c(F)cccc1F. The van der Waals surface area contributed by atoms with E-state index in [9.17, 15) is 8.78 Å². The van der Waals surface area contributed by atoms with Crippen molar-refractivity contribution in [2.75, 3.05) is 13.7 Å². The Labute approximate surface area is 151 Å². The van der Waals surface area contributed by atoms with Crippen molar-refractivity contribution in [3.8, 4) is 17.2 Å². The highest BCUT2D eigenvalue weighted by molar-refractivity contribution is 5.54. The van der Waals surface area contributed by atoms with Crippen molar-refractivity contribution in [3.05, 3.63) is 71.6 Å². The van der Waals surface area contributed by atoms with Crippen LogP contribution in [-0.2, 0) is 13.1 Å². The molecule has 0 fully saturated rings. The van der Waals surface area contributed by atoms with Gasteiger partial charge in [-0.2, -0.15) is 0 Å². The molecule has 26 heavy (non-hydrogen) atoms. The summed E-state index contributed by atoms with van der Waals surface area (Å²) >= 11 is 0. The largest absolute Gasteiger partial charge is 0.497 e. The molecular weight excluding hydrogens is 338 g/mol. The number of hydrogen-bond acceptors (Lipinski definition) is 4. The highest BCUT2D eigenvalue weighted by atomic mass is 19.1. The monoisotopic (exact) mass is 358 g/mol. The molecule has 136 valence electrons. The Bertz CT molecular complexity index is 842. The van der Waals surface area contributed by atoms with E-state index in [-0.39, 0.29) is 12.1 Å². The van der Waals surface area contributed by atoms with Crippen LogP contribution in [0.3, 0.4) is 0 Å². The number of hydrogen-bond donors (Lipinski definition) is 0. The smallest absolute Gasteiger partial charge is 0.226 e. The molecule has 2 aromatic carbocycles. The molecule has 0 amide bonds. The second kappa shape index (κ2) is 8.10. The zero-order valence-corrected chi connectivity index (χ0v) is 14.7. The normalized spacial score (nSPS) is 11.1. The maximum atomic E-state index is 13.9. The van der Waals surface area contributed by atoms with E-state index in [1.165, 1.54) is 18.2 Å². The van der Waals surface area contributed by atoms with Gasteiger partial charge in [0.25, 0.3) is 0 Å². The van der Waals surface area contributed by atoms with Gasteiger partial charge < -0.3 is 9.15 Å². The third-order valence-electron chi connectivity index (χ3n) is 4.16. The lowest BCUT2D eigenvalue weighted by Crippen LogP contribution is -2.23. The Morgan fingerprint density at radius 1 is 1.04 bits per heavy atom. The molecule has 0 radical (unpaired) electrons. The number of nitrogens with zero attached hydrogens (tertiary/aromatic N) is 2. The molecule has 0 bridgehead atoms. The quantitative estimate of drug-likeness (QED) is 0.616. The van der Waals surface area contributed by atoms with Gasteiger partial charge in [-0.3, -0.25) is 4.90 Å². The van der Waals surface area contributed by atoms with Gasteiger partial charge in [0.2, 0.25) is 5.89 Å². The Balaban J connectivity index is 1.72. The van der Waals surface area contributed by atoms with Gasteiger partial charge in [-0.05, 0) is 42.9 Å². The Morgan fingerprint density at radius 3 is 2.35 bits per heavy atom. The van der Waals surface area contributed by atoms with Gasteiger partial charge >= 0.3 is 0 Å². The van der Waals surface area contributed by atoms with Gasteiger partial charge in [-0.25, -0.2) is 13.8 Å². The van der Waals surface area contributed by atoms with E-state index >= 15 is 0 Å². The lowest BCUT2D eigenvalue weighted by Gasteiger charge is -2.19. The summed E-state index contributed by atoms with van der Waals surface area (Å²) in [6, 6.07) is 11.3. The second-order valence-electron chi connectivity index (χ2n) is 5.88. The van der Waals surface area contributed by atoms with Crippen molar-refractivity contribution < 1.29 is 17.9 Å². The lowest BCUT2D eigenvalue weighted by molar-refractivity contribution is 0.259. The predicted octanol–water partition coefficient (Wildman–Crippen LogP) is 4.65. The van der Waals surface area contributed by atoms with E-state index in [1.807, 2.05) is 36.1 Å². The average molecular weight is 358 g/mol. The zero-order chi connectivity index (χ0) is 18.5. The molecule has 0 unspecified atom stereocenters. The molecular formula is C20H20F2N2O2. The van der Waals surface area contributed by atoms with E-state index in [1.54, 1.807) is 13.4 Å². The molecule has 3 aromatic rings. The standard InChI is InChI=1S/C20H20F2N2O2/c1-3-24(12-17-18(21)5-4-6-19(17)22)11-15-13-26-20(23-15)14-7-9-16(25-2)10-8-14/h4-10,13H,3,11-12H2,1-2H3. The van der Waals surface area contributed by atoms with Crippen molar-refractivity contribution in [2.24, 2.45) is 0 Å². The molecule has 1 aromatic heterocycles. The van der Waals surface area contributed by atoms with Crippen LogP contribution in [0.2, 0.25) is 0 Å². The molecule has 0 aliphatic carbocycles. The second-order valence-corrected chi connectivity index (χ2v) is 5.88. The van der Waals surface area contributed by atoms with Crippen LogP contribution in [0, 0.1) is 11.6 Å². The van der Waals surface area contributed by atoms with Gasteiger partial charge in [-0.1, -0.05) is 13.0 Å². The maximum absolute atomic E-state index is 13.9. The van der Waals surface area contributed by atoms with Crippen molar-refractivity contribution in [3.63, 3.8) is 0 Å². The molecule has 4 nitrogen and oxygen atoms in total. The zero-order valence-electron chi connectivity index (χ0n) is 14.7. The number of oxazole rings is 1. The van der Waals surface area contributed by atoms with E-state index < -0.39 is 11.6 Å². The Morgan fingerprint density at radius 2 is 1.73 bits per heavy atom. The fraction of sp³-hybridized carbons (Fsp3) is 0.250. The minimum Gasteiger partial charge on any atom is -0.497 e. The number of ether oxygens (including phenoxy) is 1. The predicted molar refractivity (Wildman–Crippen MR) is 94.6 cm³/mol. The van der Waals surface area contributed by atoms with Crippen molar-refractivity contribution in [1.82, 2.24) is 9.88 Å². The number of aromatic nitrogens is 1. The van der Waals surface area contributed by atoms with E-state index in [2.05, 4.69) is 4.98 Å². The maximum Gasteiger partial charge on any atom is 0.226 e. The number of halogens is 2. The molecule has 0 aliphatic heterocycles. The highest BCUT2D eigenvalue weighted by Gasteiger charge is 2.15. The van der Waals surface area contributed by atoms with Gasteiger partial charge in [0.1, 0.15) is 23.6 Å². The molecule has 0 spiro atoms. The van der Waals surface area contributed by atoms with Crippen LogP contribution in [0.15, 0.2) is 53.1 Å². The van der Waals surface area contributed by atoms with Gasteiger partial charge in [-0.15, -0.1) is 0 Å². The minimum atomic E-state index is -0.539. The molecule has 0 atom stereocenters. The first kappa shape index (κ1) is 18.1. The lowest BCUT2D eigenvalue weighted by atomic mass is 10.2. The van der Waals surface area contributed by atoms with Crippen LogP contribution in [0.1, 0.15) is 18.2 Å². The highest BCUT2D eigenvalue weighted by Crippen LogP contribution is 2.23. The molecule has 0 aliphatic rings. The summed E-state index contributed by atoms with van der Waals surface area (Å²) in [7, 11) is 1.61. The van der Waals surface area contributed by atoms with Gasteiger partial charge in [0, 0.05) is 24.2 Å². The first-order chi connectivity index (χ1) is 12.6. The average Bonchev–Trinajstić information content (AvgIpc) is 3.12. The summed E-state index contributed by atoms with van der Waals surface area (Å²) in [6.45, 7) is 3.16. The first-order valence-electron chi connectivity index (χ1n) is 8.34. The summed E-state index contributed by atoms with van der Waals surface area (Å²) < 4.78 is 38.4. The molecule has 3 rings (SSSR count). The molecule has 0 saturated carbocycles. The third-order valence-corrected chi connectivity index (χ3v) is 4.16. The summed E-state index contributed by atoms with van der Waals surface area (Å²) in [4.78, 5) is 6.37. The fourth-order valence-corrected chi connectivity index (χ4v) is 2.66. The van der Waals surface area contributed by atoms with Crippen molar-refractivity contribution >= 4 is 0 Å². The van der Waals surface area contributed by atoms with Crippen LogP contribution in [0.25, 0.3) is 11.5 Å². The molecule has 0 N–H and O–H groups in total. The van der Waals surface area contributed by atoms with Crippen LogP contribution in [0.5, 0.6) is 5.75 Å². The van der Waals surface area contributed by atoms with Gasteiger partial charge in [0.05, 0.1) is 12.8 Å². The van der Waals surface area contributed by atoms with Gasteiger partial charge in [0.15, 0.2) is 0 Å². The summed E-state index contributed by atoms with van der Waals surface area (Å²) in [5.41, 5.74) is 1.60.